The zero-order valence-electron chi connectivity index (χ0n) is 10.4. The molecule has 0 aliphatic carbocycles. The molecule has 0 unspecified atom stereocenters. The Kier molecular flexibility index (Phi) is 4.52. The van der Waals surface area contributed by atoms with Gasteiger partial charge in [0.2, 0.25) is 0 Å². The lowest BCUT2D eigenvalue weighted by molar-refractivity contribution is 0.697. The van der Waals surface area contributed by atoms with Crippen LogP contribution >= 0.6 is 11.3 Å². The minimum Gasteiger partial charge on any atom is -0.308 e. The summed E-state index contributed by atoms with van der Waals surface area (Å²) >= 11 is 1.80. The summed E-state index contributed by atoms with van der Waals surface area (Å²) < 4.78 is 0. The number of nitriles is 1. The lowest BCUT2D eigenvalue weighted by Crippen LogP contribution is -2.12. The Bertz CT molecular complexity index is 552. The molecular weight excluding hydrogens is 240 g/mol. The maximum absolute atomic E-state index is 8.84. The summed E-state index contributed by atoms with van der Waals surface area (Å²) in [6.07, 6.45) is 1.09. The Hall–Kier alpha value is -1.63. The first-order valence-corrected chi connectivity index (χ1v) is 6.96. The van der Waals surface area contributed by atoms with Gasteiger partial charge in [-0.2, -0.15) is 5.26 Å². The summed E-state index contributed by atoms with van der Waals surface area (Å²) in [6.45, 7) is 3.89. The van der Waals surface area contributed by atoms with Crippen LogP contribution in [0, 0.1) is 11.3 Å². The standard InChI is InChI=1S/C15H16N2S/c1-2-14-6-7-18-15(14)11-17-10-13-5-3-4-12(8-13)9-16/h3-8,17H,2,10-11H2,1H3. The lowest BCUT2D eigenvalue weighted by Gasteiger charge is -2.05. The van der Waals surface area contributed by atoms with Crippen molar-refractivity contribution in [3.05, 3.63) is 57.3 Å². The molecule has 0 aliphatic heterocycles. The Morgan fingerprint density at radius 1 is 1.28 bits per heavy atom. The second kappa shape index (κ2) is 6.34. The normalized spacial score (nSPS) is 10.2. The van der Waals surface area contributed by atoms with E-state index < -0.39 is 0 Å². The smallest absolute Gasteiger partial charge is 0.0991 e. The van der Waals surface area contributed by atoms with Crippen LogP contribution in [0.1, 0.15) is 28.5 Å². The molecule has 3 heteroatoms. The number of nitrogens with one attached hydrogen (secondary N) is 1. The molecule has 1 aromatic heterocycles. The number of aryl methyl sites for hydroxylation is 1. The number of benzene rings is 1. The van der Waals surface area contributed by atoms with Gasteiger partial charge >= 0.3 is 0 Å². The fourth-order valence-electron chi connectivity index (χ4n) is 1.91. The molecule has 0 saturated carbocycles. The van der Waals surface area contributed by atoms with Gasteiger partial charge in [-0.1, -0.05) is 19.1 Å². The third kappa shape index (κ3) is 3.19. The van der Waals surface area contributed by atoms with Crippen molar-refractivity contribution in [3.63, 3.8) is 0 Å². The van der Waals surface area contributed by atoms with E-state index in [4.69, 9.17) is 5.26 Å². The van der Waals surface area contributed by atoms with Gasteiger partial charge in [-0.3, -0.25) is 0 Å². The third-order valence-corrected chi connectivity index (χ3v) is 3.85. The molecular formula is C15H16N2S. The number of thiophene rings is 1. The molecule has 2 aromatic rings. The molecule has 18 heavy (non-hydrogen) atoms. The van der Waals surface area contributed by atoms with Crippen molar-refractivity contribution in [2.45, 2.75) is 26.4 Å². The van der Waals surface area contributed by atoms with Crippen LogP contribution in [0.4, 0.5) is 0 Å². The largest absolute Gasteiger partial charge is 0.308 e. The number of rotatable bonds is 5. The minimum atomic E-state index is 0.722. The van der Waals surface area contributed by atoms with Crippen molar-refractivity contribution in [1.82, 2.24) is 5.32 Å². The van der Waals surface area contributed by atoms with Crippen LogP contribution in [-0.4, -0.2) is 0 Å². The molecule has 1 N–H and O–H groups in total. The molecule has 92 valence electrons. The van der Waals surface area contributed by atoms with Crippen molar-refractivity contribution < 1.29 is 0 Å². The van der Waals surface area contributed by atoms with E-state index in [2.05, 4.69) is 29.8 Å². The number of nitrogens with zero attached hydrogens (tertiary/aromatic N) is 1. The van der Waals surface area contributed by atoms with E-state index in [0.29, 0.717) is 0 Å². The zero-order valence-corrected chi connectivity index (χ0v) is 11.3. The molecule has 0 spiro atoms. The maximum atomic E-state index is 8.84. The molecule has 0 saturated heterocycles. The van der Waals surface area contributed by atoms with Crippen molar-refractivity contribution in [3.8, 4) is 6.07 Å². The summed E-state index contributed by atoms with van der Waals surface area (Å²) in [6, 6.07) is 12.1. The van der Waals surface area contributed by atoms with E-state index in [-0.39, 0.29) is 0 Å². The van der Waals surface area contributed by atoms with E-state index in [0.717, 1.165) is 30.6 Å². The summed E-state index contributed by atoms with van der Waals surface area (Å²) in [5, 5.41) is 14.4. The van der Waals surface area contributed by atoms with Crippen molar-refractivity contribution in [2.75, 3.05) is 0 Å². The molecule has 1 heterocycles. The predicted octanol–water partition coefficient (Wildman–Crippen LogP) is 3.47. The molecule has 0 radical (unpaired) electrons. The summed E-state index contributed by atoms with van der Waals surface area (Å²) in [5.41, 5.74) is 3.31. The summed E-state index contributed by atoms with van der Waals surface area (Å²) in [7, 11) is 0. The molecule has 0 fully saturated rings. The third-order valence-electron chi connectivity index (χ3n) is 2.89. The van der Waals surface area contributed by atoms with E-state index in [1.165, 1.54) is 10.4 Å². The van der Waals surface area contributed by atoms with Crippen LogP contribution in [-0.2, 0) is 19.5 Å². The average molecular weight is 256 g/mol. The first-order chi connectivity index (χ1) is 8.83. The van der Waals surface area contributed by atoms with Crippen LogP contribution in [0.2, 0.25) is 0 Å². The van der Waals surface area contributed by atoms with Crippen LogP contribution in [0.3, 0.4) is 0 Å². The zero-order chi connectivity index (χ0) is 12.8. The number of hydrogen-bond donors (Lipinski definition) is 1. The second-order valence-electron chi connectivity index (χ2n) is 4.14. The van der Waals surface area contributed by atoms with Gasteiger partial charge in [-0.05, 0) is 41.1 Å². The topological polar surface area (TPSA) is 35.8 Å². The van der Waals surface area contributed by atoms with E-state index in [9.17, 15) is 0 Å². The maximum Gasteiger partial charge on any atom is 0.0991 e. The van der Waals surface area contributed by atoms with Crippen LogP contribution < -0.4 is 5.32 Å². The van der Waals surface area contributed by atoms with E-state index >= 15 is 0 Å². The van der Waals surface area contributed by atoms with Gasteiger partial charge in [-0.25, -0.2) is 0 Å². The fourth-order valence-corrected chi connectivity index (χ4v) is 2.85. The van der Waals surface area contributed by atoms with Crippen LogP contribution in [0.5, 0.6) is 0 Å². The van der Waals surface area contributed by atoms with Crippen molar-refractivity contribution >= 4 is 11.3 Å². The lowest BCUT2D eigenvalue weighted by atomic mass is 10.1. The summed E-state index contributed by atoms with van der Waals surface area (Å²) in [5.74, 6) is 0. The predicted molar refractivity (Wildman–Crippen MR) is 75.4 cm³/mol. The molecule has 0 bridgehead atoms. The highest BCUT2D eigenvalue weighted by Crippen LogP contribution is 2.17. The Balaban J connectivity index is 1.90. The fraction of sp³-hybridized carbons (Fsp3) is 0.267. The van der Waals surface area contributed by atoms with Crippen LogP contribution in [0.25, 0.3) is 0 Å². The molecule has 0 atom stereocenters. The molecule has 0 aliphatic rings. The molecule has 2 rings (SSSR count). The van der Waals surface area contributed by atoms with E-state index in [1.807, 2.05) is 24.3 Å². The van der Waals surface area contributed by atoms with Crippen molar-refractivity contribution in [2.24, 2.45) is 0 Å². The summed E-state index contributed by atoms with van der Waals surface area (Å²) in [4.78, 5) is 1.41. The van der Waals surface area contributed by atoms with Gasteiger partial charge < -0.3 is 5.32 Å². The Morgan fingerprint density at radius 2 is 2.17 bits per heavy atom. The van der Waals surface area contributed by atoms with Crippen molar-refractivity contribution in [1.29, 1.82) is 5.26 Å². The van der Waals surface area contributed by atoms with Gasteiger partial charge in [-0.15, -0.1) is 11.3 Å². The van der Waals surface area contributed by atoms with E-state index in [1.54, 1.807) is 11.3 Å². The molecule has 0 amide bonds. The van der Waals surface area contributed by atoms with Gasteiger partial charge in [0.1, 0.15) is 0 Å². The monoisotopic (exact) mass is 256 g/mol. The SMILES string of the molecule is CCc1ccsc1CNCc1cccc(C#N)c1. The number of hydrogen-bond acceptors (Lipinski definition) is 3. The first-order valence-electron chi connectivity index (χ1n) is 6.08. The highest BCUT2D eigenvalue weighted by Gasteiger charge is 2.02. The Morgan fingerprint density at radius 3 is 2.94 bits per heavy atom. The second-order valence-corrected chi connectivity index (χ2v) is 5.14. The molecule has 1 aromatic carbocycles. The van der Waals surface area contributed by atoms with Gasteiger partial charge in [0.15, 0.2) is 0 Å². The van der Waals surface area contributed by atoms with Crippen LogP contribution in [0.15, 0.2) is 35.7 Å². The average Bonchev–Trinajstić information content (AvgIpc) is 2.86. The van der Waals surface area contributed by atoms with Gasteiger partial charge in [0.05, 0.1) is 11.6 Å². The highest BCUT2D eigenvalue weighted by atomic mass is 32.1. The van der Waals surface area contributed by atoms with Gasteiger partial charge in [0, 0.05) is 18.0 Å². The minimum absolute atomic E-state index is 0.722. The quantitative estimate of drug-likeness (QED) is 0.889. The molecule has 2 nitrogen and oxygen atoms in total. The Labute approximate surface area is 112 Å². The highest BCUT2D eigenvalue weighted by molar-refractivity contribution is 7.10. The van der Waals surface area contributed by atoms with Gasteiger partial charge in [0.25, 0.3) is 0 Å². The first kappa shape index (κ1) is 12.8.